The third kappa shape index (κ3) is 7.38. The normalized spacial score (nSPS) is 12.0. The second kappa shape index (κ2) is 10.9. The van der Waals surface area contributed by atoms with Gasteiger partial charge in [0, 0.05) is 21.3 Å². The number of hydrogen-bond acceptors (Lipinski definition) is 3. The number of amides is 1. The van der Waals surface area contributed by atoms with Crippen LogP contribution in [0.4, 0.5) is 30.2 Å². The Hall–Kier alpha value is -2.75. The van der Waals surface area contributed by atoms with Crippen LogP contribution in [0.2, 0.25) is 5.02 Å². The van der Waals surface area contributed by atoms with Crippen molar-refractivity contribution >= 4 is 63.7 Å². The molecule has 1 unspecified atom stereocenters. The van der Waals surface area contributed by atoms with Crippen LogP contribution in [0.25, 0.3) is 0 Å². The summed E-state index contributed by atoms with van der Waals surface area (Å²) >= 11 is 12.2. The van der Waals surface area contributed by atoms with E-state index in [-0.39, 0.29) is 10.7 Å². The predicted octanol–water partition coefficient (Wildman–Crippen LogP) is 7.29. The molecule has 3 N–H and O–H groups in total. The summed E-state index contributed by atoms with van der Waals surface area (Å²) in [4.78, 5) is 13.3. The van der Waals surface area contributed by atoms with Crippen LogP contribution in [-0.2, 0) is 11.0 Å². The minimum atomic E-state index is -4.64. The van der Waals surface area contributed by atoms with Gasteiger partial charge in [0.1, 0.15) is 0 Å². The van der Waals surface area contributed by atoms with Gasteiger partial charge in [-0.2, -0.15) is 13.2 Å². The van der Waals surface area contributed by atoms with E-state index in [0.29, 0.717) is 10.8 Å². The summed E-state index contributed by atoms with van der Waals surface area (Å²) in [5.74, 6) is -0.563. The number of nitrogens with one attached hydrogen (secondary N) is 3. The summed E-state index contributed by atoms with van der Waals surface area (Å²) in [6.07, 6.45) is -4.64. The molecule has 172 valence electrons. The number of carbonyl (C=O) groups is 1. The predicted molar refractivity (Wildman–Crippen MR) is 133 cm³/mol. The number of alkyl halides is 3. The average molecular weight is 510 g/mol. The van der Waals surface area contributed by atoms with Crippen molar-refractivity contribution in [2.24, 2.45) is 0 Å². The maximum Gasteiger partial charge on any atom is 0.418 e. The van der Waals surface area contributed by atoms with Crippen LogP contribution in [0.1, 0.15) is 12.5 Å². The highest BCUT2D eigenvalue weighted by Crippen LogP contribution is 2.37. The molecule has 0 heterocycles. The van der Waals surface area contributed by atoms with E-state index in [1.807, 2.05) is 36.4 Å². The zero-order valence-corrected chi connectivity index (χ0v) is 19.6. The first-order valence-corrected chi connectivity index (χ1v) is 11.4. The van der Waals surface area contributed by atoms with Crippen molar-refractivity contribution in [1.82, 2.24) is 0 Å². The molecule has 0 spiro atoms. The Morgan fingerprint density at radius 3 is 2.30 bits per heavy atom. The van der Waals surface area contributed by atoms with Gasteiger partial charge in [-0.25, -0.2) is 0 Å². The van der Waals surface area contributed by atoms with Crippen LogP contribution in [0.3, 0.4) is 0 Å². The van der Waals surface area contributed by atoms with Gasteiger partial charge in [-0.3, -0.25) is 4.79 Å². The van der Waals surface area contributed by atoms with Crippen LogP contribution in [0.15, 0.2) is 77.7 Å². The molecule has 0 aliphatic carbocycles. The molecule has 3 aromatic carbocycles. The number of thiocarbonyl (C=S) groups is 1. The molecular formula is C23H19ClF3N3OS2. The Labute approximate surface area is 203 Å². The Kier molecular flexibility index (Phi) is 8.23. The molecule has 0 aromatic heterocycles. The van der Waals surface area contributed by atoms with Gasteiger partial charge >= 0.3 is 6.18 Å². The molecule has 0 aliphatic rings. The molecule has 1 atom stereocenters. The lowest BCUT2D eigenvalue weighted by Gasteiger charge is -2.17. The zero-order chi connectivity index (χ0) is 24.0. The van der Waals surface area contributed by atoms with E-state index >= 15 is 0 Å². The fraction of sp³-hybridized carbons (Fsp3) is 0.130. The van der Waals surface area contributed by atoms with Crippen molar-refractivity contribution in [1.29, 1.82) is 0 Å². The van der Waals surface area contributed by atoms with Crippen molar-refractivity contribution < 1.29 is 18.0 Å². The van der Waals surface area contributed by atoms with Gasteiger partial charge in [0.15, 0.2) is 5.11 Å². The van der Waals surface area contributed by atoms with Crippen LogP contribution < -0.4 is 16.0 Å². The van der Waals surface area contributed by atoms with Crippen LogP contribution in [-0.4, -0.2) is 16.3 Å². The lowest BCUT2D eigenvalue weighted by Crippen LogP contribution is -2.24. The second-order valence-electron chi connectivity index (χ2n) is 6.91. The first-order valence-electron chi connectivity index (χ1n) is 9.69. The number of carbonyl (C=O) groups excluding carboxylic acids is 1. The number of para-hydroxylation sites is 1. The largest absolute Gasteiger partial charge is 0.418 e. The summed E-state index contributed by atoms with van der Waals surface area (Å²) in [6, 6.07) is 19.9. The number of hydrogen-bond donors (Lipinski definition) is 3. The molecule has 0 saturated carbocycles. The van der Waals surface area contributed by atoms with Gasteiger partial charge in [-0.05, 0) is 67.7 Å². The van der Waals surface area contributed by atoms with Crippen molar-refractivity contribution in [3.63, 3.8) is 0 Å². The maximum absolute atomic E-state index is 13.3. The Morgan fingerprint density at radius 2 is 1.61 bits per heavy atom. The van der Waals surface area contributed by atoms with Crippen molar-refractivity contribution in [2.45, 2.75) is 23.2 Å². The summed E-state index contributed by atoms with van der Waals surface area (Å²) in [6.45, 7) is 1.62. The number of halogens is 4. The lowest BCUT2D eigenvalue weighted by atomic mass is 10.1. The number of benzene rings is 3. The quantitative estimate of drug-likeness (QED) is 0.241. The minimum Gasteiger partial charge on any atom is -0.332 e. The van der Waals surface area contributed by atoms with E-state index in [1.165, 1.54) is 17.8 Å². The number of anilines is 3. The van der Waals surface area contributed by atoms with E-state index in [1.54, 1.807) is 25.1 Å². The molecule has 33 heavy (non-hydrogen) atoms. The average Bonchev–Trinajstić information content (AvgIpc) is 2.75. The topological polar surface area (TPSA) is 53.2 Å². The molecule has 10 heteroatoms. The second-order valence-corrected chi connectivity index (χ2v) is 9.17. The van der Waals surface area contributed by atoms with Crippen molar-refractivity contribution in [3.8, 4) is 0 Å². The minimum absolute atomic E-state index is 0.0632. The molecule has 0 saturated heterocycles. The highest BCUT2D eigenvalue weighted by atomic mass is 35.5. The first kappa shape index (κ1) is 24.9. The molecule has 3 aromatic rings. The van der Waals surface area contributed by atoms with E-state index in [9.17, 15) is 18.0 Å². The van der Waals surface area contributed by atoms with Gasteiger partial charge in [0.05, 0.1) is 16.5 Å². The molecule has 0 radical (unpaired) electrons. The fourth-order valence-electron chi connectivity index (χ4n) is 2.81. The van der Waals surface area contributed by atoms with Crippen LogP contribution in [0.5, 0.6) is 0 Å². The third-order valence-electron chi connectivity index (χ3n) is 4.35. The third-order valence-corrected chi connectivity index (χ3v) is 5.88. The number of thioether (sulfide) groups is 1. The standard InChI is InChI=1S/C23H19ClF3N3OS2/c1-14(21(31)30-20-11-10-15(24)12-19(20)23(25,26)27)33-18-9-5-8-17(13-18)29-22(32)28-16-6-3-2-4-7-16/h2-14H,1H3,(H,30,31)(H2,28,29,32). The Balaban J connectivity index is 1.63. The van der Waals surface area contributed by atoms with Gasteiger partial charge < -0.3 is 16.0 Å². The molecule has 3 rings (SSSR count). The van der Waals surface area contributed by atoms with E-state index in [4.69, 9.17) is 23.8 Å². The first-order chi connectivity index (χ1) is 15.6. The van der Waals surface area contributed by atoms with Gasteiger partial charge in [0.2, 0.25) is 5.91 Å². The monoisotopic (exact) mass is 509 g/mol. The van der Waals surface area contributed by atoms with Crippen LogP contribution in [0, 0.1) is 0 Å². The van der Waals surface area contributed by atoms with Crippen molar-refractivity contribution in [2.75, 3.05) is 16.0 Å². The molecule has 0 fully saturated rings. The highest BCUT2D eigenvalue weighted by molar-refractivity contribution is 8.00. The van der Waals surface area contributed by atoms with E-state index < -0.39 is 22.9 Å². The van der Waals surface area contributed by atoms with Gasteiger partial charge in [-0.1, -0.05) is 35.9 Å². The van der Waals surface area contributed by atoms with Crippen LogP contribution >= 0.6 is 35.6 Å². The molecule has 0 bridgehead atoms. The van der Waals surface area contributed by atoms with E-state index in [0.717, 1.165) is 22.7 Å². The molecule has 4 nitrogen and oxygen atoms in total. The molecular weight excluding hydrogens is 491 g/mol. The Morgan fingerprint density at radius 1 is 0.939 bits per heavy atom. The van der Waals surface area contributed by atoms with Gasteiger partial charge in [0.25, 0.3) is 0 Å². The summed E-state index contributed by atoms with van der Waals surface area (Å²) < 4.78 is 39.8. The number of rotatable bonds is 6. The smallest absolute Gasteiger partial charge is 0.332 e. The summed E-state index contributed by atoms with van der Waals surface area (Å²) in [5.41, 5.74) is 0.215. The zero-order valence-electron chi connectivity index (χ0n) is 17.2. The lowest BCUT2D eigenvalue weighted by molar-refractivity contribution is -0.137. The van der Waals surface area contributed by atoms with E-state index in [2.05, 4.69) is 16.0 Å². The summed E-state index contributed by atoms with van der Waals surface area (Å²) in [7, 11) is 0. The summed E-state index contributed by atoms with van der Waals surface area (Å²) in [5, 5.41) is 8.17. The SMILES string of the molecule is CC(Sc1cccc(NC(=S)Nc2ccccc2)c1)C(=O)Nc1ccc(Cl)cc1C(F)(F)F. The highest BCUT2D eigenvalue weighted by Gasteiger charge is 2.34. The molecule has 0 aliphatic heterocycles. The molecule has 1 amide bonds. The fourth-order valence-corrected chi connectivity index (χ4v) is 4.15. The van der Waals surface area contributed by atoms with Gasteiger partial charge in [-0.15, -0.1) is 11.8 Å². The maximum atomic E-state index is 13.3. The van der Waals surface area contributed by atoms with Crippen molar-refractivity contribution in [3.05, 3.63) is 83.4 Å². The Bertz CT molecular complexity index is 1140.